The summed E-state index contributed by atoms with van der Waals surface area (Å²) >= 11 is 10.7. The zero-order valence-electron chi connectivity index (χ0n) is 13.4. The minimum absolute atomic E-state index is 0.218. The monoisotopic (exact) mass is 443 g/mol. The van der Waals surface area contributed by atoms with E-state index in [1.807, 2.05) is 0 Å². The quantitative estimate of drug-likeness (QED) is 0.654. The van der Waals surface area contributed by atoms with Gasteiger partial charge in [0.1, 0.15) is 6.04 Å². The van der Waals surface area contributed by atoms with Crippen molar-refractivity contribution in [3.63, 3.8) is 0 Å². The Morgan fingerprint density at radius 1 is 1.16 bits per heavy atom. The molecule has 0 spiro atoms. The fourth-order valence-electron chi connectivity index (χ4n) is 1.91. The third-order valence-electron chi connectivity index (χ3n) is 3.09. The number of benzene rings is 1. The highest BCUT2D eigenvalue weighted by Gasteiger charge is 2.18. The van der Waals surface area contributed by atoms with Gasteiger partial charge in [0, 0.05) is 12.6 Å². The molecule has 3 amide bonds. The molecule has 1 aromatic heterocycles. The van der Waals surface area contributed by atoms with Gasteiger partial charge in [-0.2, -0.15) is 0 Å². The van der Waals surface area contributed by atoms with Gasteiger partial charge in [0.15, 0.2) is 0 Å². The maximum Gasteiger partial charge on any atom is 0.262 e. The Balaban J connectivity index is 1.98. The highest BCUT2D eigenvalue weighted by atomic mass is 79.9. The third-order valence-corrected chi connectivity index (χ3v) is 5.02. The van der Waals surface area contributed by atoms with Crippen LogP contribution < -0.4 is 16.0 Å². The van der Waals surface area contributed by atoms with E-state index in [2.05, 4.69) is 31.9 Å². The Hall–Kier alpha value is -1.90. The van der Waals surface area contributed by atoms with Crippen LogP contribution in [0.3, 0.4) is 0 Å². The van der Waals surface area contributed by atoms with Crippen LogP contribution in [0.25, 0.3) is 0 Å². The Labute approximate surface area is 162 Å². The molecule has 6 nitrogen and oxygen atoms in total. The number of nitrogens with one attached hydrogen (secondary N) is 3. The van der Waals surface area contributed by atoms with E-state index in [1.165, 1.54) is 24.3 Å². The molecular weight excluding hydrogens is 430 g/mol. The van der Waals surface area contributed by atoms with Crippen molar-refractivity contribution in [2.75, 3.05) is 10.6 Å². The van der Waals surface area contributed by atoms with E-state index in [0.717, 1.165) is 3.79 Å². The number of amides is 3. The zero-order valence-corrected chi connectivity index (χ0v) is 16.5. The van der Waals surface area contributed by atoms with Gasteiger partial charge in [0.05, 0.1) is 19.4 Å². The molecule has 1 atom stereocenters. The van der Waals surface area contributed by atoms with E-state index >= 15 is 0 Å². The summed E-state index contributed by atoms with van der Waals surface area (Å²) in [5.74, 6) is -0.951. The minimum Gasteiger partial charge on any atom is -0.340 e. The van der Waals surface area contributed by atoms with E-state index in [-0.39, 0.29) is 16.8 Å². The Morgan fingerprint density at radius 3 is 2.44 bits per heavy atom. The summed E-state index contributed by atoms with van der Waals surface area (Å²) in [6.07, 6.45) is 0. The molecule has 0 saturated heterocycles. The van der Waals surface area contributed by atoms with Crippen LogP contribution in [0.4, 0.5) is 11.4 Å². The van der Waals surface area contributed by atoms with Crippen LogP contribution in [-0.4, -0.2) is 23.8 Å². The molecule has 1 aromatic carbocycles. The van der Waals surface area contributed by atoms with Crippen LogP contribution >= 0.6 is 38.9 Å². The van der Waals surface area contributed by atoms with Gasteiger partial charge in [-0.05, 0) is 53.2 Å². The van der Waals surface area contributed by atoms with Crippen LogP contribution in [0.1, 0.15) is 23.5 Å². The lowest BCUT2D eigenvalue weighted by Gasteiger charge is -2.15. The van der Waals surface area contributed by atoms with E-state index in [4.69, 9.17) is 11.6 Å². The van der Waals surface area contributed by atoms with Crippen molar-refractivity contribution in [2.45, 2.75) is 19.9 Å². The second-order valence-electron chi connectivity index (χ2n) is 5.16. The Kier molecular flexibility index (Phi) is 6.57. The predicted octanol–water partition coefficient (Wildman–Crippen LogP) is 3.88. The van der Waals surface area contributed by atoms with Gasteiger partial charge < -0.3 is 16.0 Å². The molecule has 25 heavy (non-hydrogen) atoms. The Morgan fingerprint density at radius 2 is 1.88 bits per heavy atom. The molecule has 0 radical (unpaired) electrons. The predicted molar refractivity (Wildman–Crippen MR) is 103 cm³/mol. The molecule has 0 fully saturated rings. The first kappa shape index (κ1) is 19.4. The van der Waals surface area contributed by atoms with E-state index in [9.17, 15) is 14.4 Å². The first-order chi connectivity index (χ1) is 11.8. The van der Waals surface area contributed by atoms with Crippen molar-refractivity contribution in [1.29, 1.82) is 0 Å². The SMILES string of the molecule is CC(=O)Nc1ccc(NC(=O)C(C)NC(=O)c2ccc(Br)s2)c(Cl)c1. The lowest BCUT2D eigenvalue weighted by Crippen LogP contribution is -2.41. The van der Waals surface area contributed by atoms with Gasteiger partial charge in [-0.25, -0.2) is 0 Å². The summed E-state index contributed by atoms with van der Waals surface area (Å²) in [4.78, 5) is 35.8. The van der Waals surface area contributed by atoms with Gasteiger partial charge >= 0.3 is 0 Å². The Bertz CT molecular complexity index is 825. The highest BCUT2D eigenvalue weighted by Crippen LogP contribution is 2.26. The average Bonchev–Trinajstić information content (AvgIpc) is 2.96. The average molecular weight is 445 g/mol. The molecule has 9 heteroatoms. The zero-order chi connectivity index (χ0) is 18.6. The number of hydrogen-bond donors (Lipinski definition) is 3. The number of hydrogen-bond acceptors (Lipinski definition) is 4. The number of halogens is 2. The summed E-state index contributed by atoms with van der Waals surface area (Å²) < 4.78 is 0.834. The van der Waals surface area contributed by atoms with Gasteiger partial charge in [0.25, 0.3) is 5.91 Å². The first-order valence-corrected chi connectivity index (χ1v) is 9.19. The molecule has 3 N–H and O–H groups in total. The normalized spacial score (nSPS) is 11.5. The topological polar surface area (TPSA) is 87.3 Å². The largest absolute Gasteiger partial charge is 0.340 e. The summed E-state index contributed by atoms with van der Waals surface area (Å²) in [5.41, 5.74) is 0.917. The summed E-state index contributed by atoms with van der Waals surface area (Å²) in [6.45, 7) is 2.97. The van der Waals surface area contributed by atoms with E-state index < -0.39 is 11.9 Å². The second-order valence-corrected chi connectivity index (χ2v) is 8.03. The molecule has 2 rings (SSSR count). The molecule has 1 unspecified atom stereocenters. The molecule has 0 aliphatic rings. The second kappa shape index (κ2) is 8.46. The summed E-state index contributed by atoms with van der Waals surface area (Å²) in [5, 5.41) is 8.15. The molecule has 0 bridgehead atoms. The molecule has 0 aliphatic carbocycles. The summed E-state index contributed by atoms with van der Waals surface area (Å²) in [7, 11) is 0. The third kappa shape index (κ3) is 5.55. The van der Waals surface area contributed by atoms with Crippen LogP contribution in [0.2, 0.25) is 5.02 Å². The lowest BCUT2D eigenvalue weighted by molar-refractivity contribution is -0.117. The number of thiophene rings is 1. The van der Waals surface area contributed by atoms with Crippen molar-refractivity contribution in [3.8, 4) is 0 Å². The highest BCUT2D eigenvalue weighted by molar-refractivity contribution is 9.11. The summed E-state index contributed by atoms with van der Waals surface area (Å²) in [6, 6.07) is 7.42. The molecule has 2 aromatic rings. The molecule has 1 heterocycles. The van der Waals surface area contributed by atoms with Gasteiger partial charge in [-0.1, -0.05) is 11.6 Å². The molecule has 0 aliphatic heterocycles. The van der Waals surface area contributed by atoms with Crippen molar-refractivity contribution < 1.29 is 14.4 Å². The number of carbonyl (C=O) groups excluding carboxylic acids is 3. The van der Waals surface area contributed by atoms with Crippen molar-refractivity contribution >= 4 is 68.0 Å². The van der Waals surface area contributed by atoms with Crippen LogP contribution in [-0.2, 0) is 9.59 Å². The van der Waals surface area contributed by atoms with Crippen molar-refractivity contribution in [1.82, 2.24) is 5.32 Å². The van der Waals surface area contributed by atoms with Crippen molar-refractivity contribution in [3.05, 3.63) is 44.0 Å². The van der Waals surface area contributed by atoms with Crippen LogP contribution in [0, 0.1) is 0 Å². The molecule has 0 saturated carbocycles. The van der Waals surface area contributed by atoms with Crippen LogP contribution in [0.15, 0.2) is 34.1 Å². The number of anilines is 2. The van der Waals surface area contributed by atoms with Gasteiger partial charge in [-0.15, -0.1) is 11.3 Å². The maximum atomic E-state index is 12.2. The fourth-order valence-corrected chi connectivity index (χ4v) is 3.43. The van der Waals surface area contributed by atoms with Crippen molar-refractivity contribution in [2.24, 2.45) is 0 Å². The van der Waals surface area contributed by atoms with Crippen LogP contribution in [0.5, 0.6) is 0 Å². The fraction of sp³-hybridized carbons (Fsp3) is 0.188. The first-order valence-electron chi connectivity index (χ1n) is 7.20. The van der Waals surface area contributed by atoms with E-state index in [0.29, 0.717) is 16.3 Å². The standard InChI is InChI=1S/C16H15BrClN3O3S/c1-8(19-16(24)13-5-6-14(17)25-13)15(23)21-12-4-3-10(7-11(12)18)20-9(2)22/h3-8H,1-2H3,(H,19,24)(H,20,22)(H,21,23). The molecule has 132 valence electrons. The van der Waals surface area contributed by atoms with Gasteiger partial charge in [-0.3, -0.25) is 14.4 Å². The minimum atomic E-state index is -0.750. The lowest BCUT2D eigenvalue weighted by atomic mass is 10.2. The van der Waals surface area contributed by atoms with Gasteiger partial charge in [0.2, 0.25) is 11.8 Å². The molecular formula is C16H15BrClN3O3S. The maximum absolute atomic E-state index is 12.2. The smallest absolute Gasteiger partial charge is 0.262 e. The van der Waals surface area contributed by atoms with E-state index in [1.54, 1.807) is 31.2 Å². The number of carbonyl (C=O) groups is 3. The number of rotatable bonds is 5.